The molecule has 0 bridgehead atoms. The van der Waals surface area contributed by atoms with Gasteiger partial charge in [-0.05, 0) is 18.1 Å². The molecule has 6 nitrogen and oxygen atoms in total. The van der Waals surface area contributed by atoms with E-state index < -0.39 is 15.7 Å². The van der Waals surface area contributed by atoms with Gasteiger partial charge in [0.2, 0.25) is 5.91 Å². The number of para-hydroxylation sites is 1. The summed E-state index contributed by atoms with van der Waals surface area (Å²) in [5.41, 5.74) is 11.9. The van der Waals surface area contributed by atoms with E-state index in [1.807, 2.05) is 13.8 Å². The average Bonchev–Trinajstić information content (AvgIpc) is 2.25. The number of amides is 1. The van der Waals surface area contributed by atoms with E-state index in [4.69, 9.17) is 11.5 Å². The summed E-state index contributed by atoms with van der Waals surface area (Å²) in [7, 11) is -3.41. The van der Waals surface area contributed by atoms with Crippen LogP contribution < -0.4 is 16.4 Å². The number of hydrogen-bond donors (Lipinski definition) is 2. The Kier molecular flexibility index (Phi) is 4.99. The van der Waals surface area contributed by atoms with Crippen molar-refractivity contribution in [2.75, 3.05) is 30.0 Å². The van der Waals surface area contributed by atoms with Crippen molar-refractivity contribution in [1.29, 1.82) is 0 Å². The Hall–Kier alpha value is -1.76. The number of nitrogens with zero attached hydrogens (tertiary/aromatic N) is 1. The first-order chi connectivity index (χ1) is 9.12. The molecule has 0 spiro atoms. The second kappa shape index (κ2) is 6.13. The molecule has 0 heterocycles. The third kappa shape index (κ3) is 4.12. The smallest absolute Gasteiger partial charge is 0.236 e. The SMILES string of the molecule is CC(C)CN(CC(N)=O)c1cccc(S(C)(=O)=O)c1N. The van der Waals surface area contributed by atoms with Crippen molar-refractivity contribution < 1.29 is 13.2 Å². The maximum Gasteiger partial charge on any atom is 0.236 e. The van der Waals surface area contributed by atoms with Gasteiger partial charge in [0, 0.05) is 12.8 Å². The van der Waals surface area contributed by atoms with Gasteiger partial charge in [0.25, 0.3) is 0 Å². The van der Waals surface area contributed by atoms with Crippen molar-refractivity contribution in [3.8, 4) is 0 Å². The molecular formula is C13H21N3O3S. The lowest BCUT2D eigenvalue weighted by Crippen LogP contribution is -2.36. The summed E-state index contributed by atoms with van der Waals surface area (Å²) in [6, 6.07) is 4.75. The summed E-state index contributed by atoms with van der Waals surface area (Å²) >= 11 is 0. The molecule has 0 atom stereocenters. The molecule has 0 aliphatic carbocycles. The fraction of sp³-hybridized carbons (Fsp3) is 0.462. The molecule has 1 aromatic carbocycles. The molecule has 112 valence electrons. The highest BCUT2D eigenvalue weighted by Crippen LogP contribution is 2.30. The molecular weight excluding hydrogens is 278 g/mol. The van der Waals surface area contributed by atoms with Gasteiger partial charge in [-0.2, -0.15) is 0 Å². The summed E-state index contributed by atoms with van der Waals surface area (Å²) in [5.74, 6) is -0.217. The van der Waals surface area contributed by atoms with Crippen LogP contribution in [0.2, 0.25) is 0 Å². The van der Waals surface area contributed by atoms with Crippen LogP contribution in [0.1, 0.15) is 13.8 Å². The lowest BCUT2D eigenvalue weighted by molar-refractivity contribution is -0.116. The van der Waals surface area contributed by atoms with Crippen LogP contribution in [0.5, 0.6) is 0 Å². The third-order valence-corrected chi connectivity index (χ3v) is 3.87. The fourth-order valence-electron chi connectivity index (χ4n) is 2.01. The van der Waals surface area contributed by atoms with Gasteiger partial charge in [-0.3, -0.25) is 4.79 Å². The van der Waals surface area contributed by atoms with E-state index in [2.05, 4.69) is 0 Å². The van der Waals surface area contributed by atoms with Gasteiger partial charge < -0.3 is 16.4 Å². The Morgan fingerprint density at radius 2 is 1.95 bits per heavy atom. The lowest BCUT2D eigenvalue weighted by Gasteiger charge is -2.27. The first-order valence-electron chi connectivity index (χ1n) is 6.24. The average molecular weight is 299 g/mol. The van der Waals surface area contributed by atoms with Gasteiger partial charge in [-0.1, -0.05) is 19.9 Å². The Morgan fingerprint density at radius 1 is 1.35 bits per heavy atom. The molecule has 1 rings (SSSR count). The minimum atomic E-state index is -3.41. The molecule has 1 amide bonds. The number of anilines is 2. The minimum Gasteiger partial charge on any atom is -0.396 e. The Morgan fingerprint density at radius 3 is 2.40 bits per heavy atom. The molecule has 0 fully saturated rings. The molecule has 1 aromatic rings. The van der Waals surface area contributed by atoms with Crippen LogP contribution in [-0.4, -0.2) is 33.7 Å². The van der Waals surface area contributed by atoms with E-state index in [9.17, 15) is 13.2 Å². The Bertz CT molecular complexity index is 597. The molecule has 0 aliphatic rings. The van der Waals surface area contributed by atoms with Crippen molar-refractivity contribution in [3.63, 3.8) is 0 Å². The monoisotopic (exact) mass is 299 g/mol. The minimum absolute atomic E-state index is 0.00437. The van der Waals surface area contributed by atoms with Crippen molar-refractivity contribution in [2.45, 2.75) is 18.7 Å². The fourth-order valence-corrected chi connectivity index (χ4v) is 2.84. The van der Waals surface area contributed by atoms with Crippen LogP contribution in [0, 0.1) is 5.92 Å². The van der Waals surface area contributed by atoms with Crippen LogP contribution in [0.25, 0.3) is 0 Å². The van der Waals surface area contributed by atoms with E-state index >= 15 is 0 Å². The first-order valence-corrected chi connectivity index (χ1v) is 8.14. The highest BCUT2D eigenvalue weighted by molar-refractivity contribution is 7.90. The normalized spacial score (nSPS) is 11.6. The van der Waals surface area contributed by atoms with Gasteiger partial charge >= 0.3 is 0 Å². The highest BCUT2D eigenvalue weighted by Gasteiger charge is 2.19. The summed E-state index contributed by atoms with van der Waals surface area (Å²) < 4.78 is 23.4. The van der Waals surface area contributed by atoms with Crippen LogP contribution in [-0.2, 0) is 14.6 Å². The number of hydrogen-bond acceptors (Lipinski definition) is 5. The third-order valence-electron chi connectivity index (χ3n) is 2.72. The van der Waals surface area contributed by atoms with Gasteiger partial charge in [-0.25, -0.2) is 8.42 Å². The maximum absolute atomic E-state index is 11.7. The van der Waals surface area contributed by atoms with E-state index in [1.54, 1.807) is 17.0 Å². The molecule has 0 unspecified atom stereocenters. The van der Waals surface area contributed by atoms with E-state index in [0.29, 0.717) is 12.2 Å². The van der Waals surface area contributed by atoms with E-state index in [1.165, 1.54) is 6.07 Å². The standard InChI is InChI=1S/C13H21N3O3S/c1-9(2)7-16(8-12(14)17)10-5-4-6-11(13(10)15)20(3,18)19/h4-6,9H,7-8,15H2,1-3H3,(H2,14,17). The van der Waals surface area contributed by atoms with Crippen molar-refractivity contribution in [1.82, 2.24) is 0 Å². The number of benzene rings is 1. The molecule has 0 radical (unpaired) electrons. The zero-order chi connectivity index (χ0) is 15.5. The molecule has 0 aliphatic heterocycles. The first kappa shape index (κ1) is 16.3. The number of sulfone groups is 1. The lowest BCUT2D eigenvalue weighted by atomic mass is 10.1. The number of nitrogen functional groups attached to an aromatic ring is 1. The Balaban J connectivity index is 3.30. The molecule has 7 heteroatoms. The summed E-state index contributed by atoms with van der Waals surface area (Å²) in [4.78, 5) is 12.9. The largest absolute Gasteiger partial charge is 0.396 e. The molecule has 20 heavy (non-hydrogen) atoms. The number of primary amides is 1. The summed E-state index contributed by atoms with van der Waals surface area (Å²) in [6.07, 6.45) is 1.10. The van der Waals surface area contributed by atoms with Crippen molar-refractivity contribution in [2.24, 2.45) is 11.7 Å². The van der Waals surface area contributed by atoms with Gasteiger partial charge in [-0.15, -0.1) is 0 Å². The van der Waals surface area contributed by atoms with Gasteiger partial charge in [0.1, 0.15) is 0 Å². The molecule has 0 aromatic heterocycles. The predicted octanol–water partition coefficient (Wildman–Crippen LogP) is 0.620. The number of carbonyl (C=O) groups excluding carboxylic acids is 1. The summed E-state index contributed by atoms with van der Waals surface area (Å²) in [5, 5.41) is 0. The van der Waals surface area contributed by atoms with Crippen LogP contribution in [0.15, 0.2) is 23.1 Å². The van der Waals surface area contributed by atoms with Gasteiger partial charge in [0.15, 0.2) is 9.84 Å². The quantitative estimate of drug-likeness (QED) is 0.749. The van der Waals surface area contributed by atoms with E-state index in [-0.39, 0.29) is 23.0 Å². The zero-order valence-electron chi connectivity index (χ0n) is 12.0. The van der Waals surface area contributed by atoms with Crippen molar-refractivity contribution in [3.05, 3.63) is 18.2 Å². The molecule has 4 N–H and O–H groups in total. The molecule has 0 saturated carbocycles. The van der Waals surface area contributed by atoms with E-state index in [0.717, 1.165) is 6.26 Å². The van der Waals surface area contributed by atoms with Crippen molar-refractivity contribution >= 4 is 27.1 Å². The molecule has 0 saturated heterocycles. The highest BCUT2D eigenvalue weighted by atomic mass is 32.2. The Labute approximate surface area is 119 Å². The number of nitrogens with two attached hydrogens (primary N) is 2. The second-order valence-corrected chi connectivity index (χ2v) is 7.19. The topological polar surface area (TPSA) is 106 Å². The second-order valence-electron chi connectivity index (χ2n) is 5.20. The number of carbonyl (C=O) groups is 1. The maximum atomic E-state index is 11.7. The zero-order valence-corrected chi connectivity index (χ0v) is 12.8. The predicted molar refractivity (Wildman–Crippen MR) is 80.2 cm³/mol. The summed E-state index contributed by atoms with van der Waals surface area (Å²) in [6.45, 7) is 4.53. The number of rotatable bonds is 6. The van der Waals surface area contributed by atoms with Crippen LogP contribution in [0.3, 0.4) is 0 Å². The van der Waals surface area contributed by atoms with Gasteiger partial charge in [0.05, 0.1) is 22.8 Å². The van der Waals surface area contributed by atoms with Crippen LogP contribution >= 0.6 is 0 Å². The van der Waals surface area contributed by atoms with Crippen LogP contribution in [0.4, 0.5) is 11.4 Å².